The Hall–Kier alpha value is -2.74. The summed E-state index contributed by atoms with van der Waals surface area (Å²) in [5.74, 6) is 1.98. The molecule has 0 radical (unpaired) electrons. The topological polar surface area (TPSA) is 76.2 Å². The summed E-state index contributed by atoms with van der Waals surface area (Å²) in [6, 6.07) is 11.8. The molecule has 3 heterocycles. The summed E-state index contributed by atoms with van der Waals surface area (Å²) in [6.45, 7) is 7.25. The van der Waals surface area contributed by atoms with Crippen LogP contribution in [0.25, 0.3) is 11.6 Å². The molecule has 2 aromatic heterocycles. The third-order valence-electron chi connectivity index (χ3n) is 4.96. The molecule has 1 aliphatic rings. The van der Waals surface area contributed by atoms with Gasteiger partial charge < -0.3 is 14.6 Å². The highest BCUT2D eigenvalue weighted by Crippen LogP contribution is 2.26. The van der Waals surface area contributed by atoms with Gasteiger partial charge in [0.2, 0.25) is 5.91 Å². The molecule has 0 atom stereocenters. The van der Waals surface area contributed by atoms with Gasteiger partial charge in [-0.3, -0.25) is 9.36 Å². The number of carbonyl (C=O) groups excluding carboxylic acids is 1. The van der Waals surface area contributed by atoms with Crippen LogP contribution in [-0.2, 0) is 11.3 Å². The minimum atomic E-state index is -0.0624. The van der Waals surface area contributed by atoms with E-state index >= 15 is 0 Å². The zero-order valence-electron chi connectivity index (χ0n) is 17.4. The second-order valence-corrected chi connectivity index (χ2v) is 8.81. The van der Waals surface area contributed by atoms with E-state index in [-0.39, 0.29) is 11.7 Å². The summed E-state index contributed by atoms with van der Waals surface area (Å²) < 4.78 is 7.51. The number of benzene rings is 1. The van der Waals surface area contributed by atoms with Crippen molar-refractivity contribution in [3.63, 3.8) is 0 Å². The SMILES string of the molecule is CC(C)Cn1c(SCC(=O)Nc2ccc(N3CCCC3)cc2)nnc1-c1ccco1. The van der Waals surface area contributed by atoms with Gasteiger partial charge >= 0.3 is 0 Å². The van der Waals surface area contributed by atoms with Crippen molar-refractivity contribution < 1.29 is 9.21 Å². The molecule has 1 aromatic carbocycles. The van der Waals surface area contributed by atoms with E-state index in [0.29, 0.717) is 17.5 Å². The molecule has 1 saturated heterocycles. The highest BCUT2D eigenvalue weighted by molar-refractivity contribution is 7.99. The van der Waals surface area contributed by atoms with Crippen LogP contribution in [0, 0.1) is 5.92 Å². The molecule has 0 aliphatic carbocycles. The number of thioether (sulfide) groups is 1. The number of amides is 1. The number of rotatable bonds is 8. The molecule has 1 N–H and O–H groups in total. The van der Waals surface area contributed by atoms with Crippen LogP contribution in [-0.4, -0.2) is 39.5 Å². The number of furan rings is 1. The van der Waals surface area contributed by atoms with Crippen molar-refractivity contribution in [2.45, 2.75) is 38.4 Å². The van der Waals surface area contributed by atoms with Crippen LogP contribution in [0.2, 0.25) is 0 Å². The van der Waals surface area contributed by atoms with E-state index in [1.807, 2.05) is 28.8 Å². The Morgan fingerprint density at radius 1 is 1.17 bits per heavy atom. The molecule has 4 rings (SSSR count). The average Bonchev–Trinajstić information content (AvgIpc) is 3.49. The summed E-state index contributed by atoms with van der Waals surface area (Å²) in [5, 5.41) is 12.3. The van der Waals surface area contributed by atoms with Crippen LogP contribution in [0.1, 0.15) is 26.7 Å². The zero-order valence-corrected chi connectivity index (χ0v) is 18.2. The fraction of sp³-hybridized carbons (Fsp3) is 0.409. The van der Waals surface area contributed by atoms with Gasteiger partial charge in [-0.2, -0.15) is 0 Å². The van der Waals surface area contributed by atoms with E-state index in [0.717, 1.165) is 30.5 Å². The molecule has 1 fully saturated rings. The van der Waals surface area contributed by atoms with E-state index < -0.39 is 0 Å². The van der Waals surface area contributed by atoms with Gasteiger partial charge in [0.1, 0.15) is 0 Å². The minimum absolute atomic E-state index is 0.0624. The van der Waals surface area contributed by atoms with Crippen molar-refractivity contribution in [3.05, 3.63) is 42.7 Å². The van der Waals surface area contributed by atoms with Crippen LogP contribution in [0.15, 0.2) is 52.2 Å². The minimum Gasteiger partial charge on any atom is -0.461 e. The summed E-state index contributed by atoms with van der Waals surface area (Å²) in [4.78, 5) is 14.9. The fourth-order valence-electron chi connectivity index (χ4n) is 3.57. The summed E-state index contributed by atoms with van der Waals surface area (Å²) in [7, 11) is 0. The number of hydrogen-bond donors (Lipinski definition) is 1. The number of nitrogens with one attached hydrogen (secondary N) is 1. The second-order valence-electron chi connectivity index (χ2n) is 7.87. The van der Waals surface area contributed by atoms with Gasteiger partial charge in [-0.15, -0.1) is 10.2 Å². The lowest BCUT2D eigenvalue weighted by Gasteiger charge is -2.17. The van der Waals surface area contributed by atoms with Crippen molar-refractivity contribution in [2.24, 2.45) is 5.92 Å². The number of hydrogen-bond acceptors (Lipinski definition) is 6. The molecule has 1 aliphatic heterocycles. The zero-order chi connectivity index (χ0) is 20.9. The Morgan fingerprint density at radius 2 is 1.93 bits per heavy atom. The smallest absolute Gasteiger partial charge is 0.234 e. The first-order valence-electron chi connectivity index (χ1n) is 10.3. The van der Waals surface area contributed by atoms with E-state index in [1.165, 1.54) is 30.3 Å². The molecule has 7 nitrogen and oxygen atoms in total. The van der Waals surface area contributed by atoms with Gasteiger partial charge in [0.05, 0.1) is 12.0 Å². The standard InChI is InChI=1S/C22H27N5O2S/c1-16(2)14-27-21(19-6-5-13-29-19)24-25-22(27)30-15-20(28)23-17-7-9-18(10-8-17)26-11-3-4-12-26/h5-10,13,16H,3-4,11-12,14-15H2,1-2H3,(H,23,28). The Labute approximate surface area is 180 Å². The predicted octanol–water partition coefficient (Wildman–Crippen LogP) is 4.53. The monoisotopic (exact) mass is 425 g/mol. The Morgan fingerprint density at radius 3 is 2.60 bits per heavy atom. The van der Waals surface area contributed by atoms with Crippen molar-refractivity contribution in [1.29, 1.82) is 0 Å². The summed E-state index contributed by atoms with van der Waals surface area (Å²) >= 11 is 1.39. The molecule has 0 unspecified atom stereocenters. The van der Waals surface area contributed by atoms with Crippen molar-refractivity contribution >= 4 is 29.0 Å². The third kappa shape index (κ3) is 4.87. The van der Waals surface area contributed by atoms with Crippen LogP contribution in [0.3, 0.4) is 0 Å². The molecule has 3 aromatic rings. The maximum Gasteiger partial charge on any atom is 0.234 e. The van der Waals surface area contributed by atoms with Gasteiger partial charge in [0, 0.05) is 31.0 Å². The molecular weight excluding hydrogens is 398 g/mol. The molecule has 30 heavy (non-hydrogen) atoms. The van der Waals surface area contributed by atoms with E-state index in [1.54, 1.807) is 6.26 Å². The largest absolute Gasteiger partial charge is 0.461 e. The normalized spacial score (nSPS) is 13.9. The molecule has 0 bridgehead atoms. The van der Waals surface area contributed by atoms with E-state index in [9.17, 15) is 4.79 Å². The van der Waals surface area contributed by atoms with Crippen LogP contribution < -0.4 is 10.2 Å². The van der Waals surface area contributed by atoms with Crippen LogP contribution >= 0.6 is 11.8 Å². The van der Waals surface area contributed by atoms with Crippen molar-refractivity contribution in [1.82, 2.24) is 14.8 Å². The fourth-order valence-corrected chi connectivity index (χ4v) is 4.32. The van der Waals surface area contributed by atoms with Crippen LogP contribution in [0.5, 0.6) is 0 Å². The maximum atomic E-state index is 12.5. The lowest BCUT2D eigenvalue weighted by Crippen LogP contribution is -2.18. The molecule has 158 valence electrons. The van der Waals surface area contributed by atoms with Crippen molar-refractivity contribution in [2.75, 3.05) is 29.1 Å². The van der Waals surface area contributed by atoms with Gasteiger partial charge in [-0.05, 0) is 55.2 Å². The first kappa shape index (κ1) is 20.5. The van der Waals surface area contributed by atoms with Gasteiger partial charge in [-0.1, -0.05) is 25.6 Å². The second kappa shape index (κ2) is 9.38. The molecular formula is C22H27N5O2S. The average molecular weight is 426 g/mol. The highest BCUT2D eigenvalue weighted by atomic mass is 32.2. The van der Waals surface area contributed by atoms with Crippen LogP contribution in [0.4, 0.5) is 11.4 Å². The molecule has 0 spiro atoms. The Kier molecular flexibility index (Phi) is 6.42. The molecule has 8 heteroatoms. The third-order valence-corrected chi connectivity index (χ3v) is 5.93. The number of anilines is 2. The quantitative estimate of drug-likeness (QED) is 0.535. The molecule has 1 amide bonds. The number of aromatic nitrogens is 3. The number of carbonyl (C=O) groups is 1. The first-order chi connectivity index (χ1) is 14.6. The molecule has 0 saturated carbocycles. The highest BCUT2D eigenvalue weighted by Gasteiger charge is 2.18. The lowest BCUT2D eigenvalue weighted by atomic mass is 10.2. The first-order valence-corrected chi connectivity index (χ1v) is 11.3. The van der Waals surface area contributed by atoms with E-state index in [4.69, 9.17) is 4.42 Å². The van der Waals surface area contributed by atoms with Gasteiger partial charge in [0.15, 0.2) is 16.7 Å². The number of nitrogens with zero attached hydrogens (tertiary/aromatic N) is 4. The van der Waals surface area contributed by atoms with Gasteiger partial charge in [-0.25, -0.2) is 0 Å². The summed E-state index contributed by atoms with van der Waals surface area (Å²) in [5.41, 5.74) is 2.02. The van der Waals surface area contributed by atoms with Gasteiger partial charge in [0.25, 0.3) is 0 Å². The Bertz CT molecular complexity index is 960. The lowest BCUT2D eigenvalue weighted by molar-refractivity contribution is -0.113. The van der Waals surface area contributed by atoms with E-state index in [2.05, 4.69) is 46.4 Å². The Balaban J connectivity index is 1.37. The summed E-state index contributed by atoms with van der Waals surface area (Å²) in [6.07, 6.45) is 4.12. The maximum absolute atomic E-state index is 12.5. The van der Waals surface area contributed by atoms with Crippen molar-refractivity contribution in [3.8, 4) is 11.6 Å². The predicted molar refractivity (Wildman–Crippen MR) is 120 cm³/mol.